The summed E-state index contributed by atoms with van der Waals surface area (Å²) in [5.41, 5.74) is 4.94. The first-order valence-corrected chi connectivity index (χ1v) is 4.22. The van der Waals surface area contributed by atoms with Crippen molar-refractivity contribution in [3.05, 3.63) is 24.3 Å². The predicted molar refractivity (Wildman–Crippen MR) is 56.0 cm³/mol. The summed E-state index contributed by atoms with van der Waals surface area (Å²) in [6.07, 6.45) is 0. The van der Waals surface area contributed by atoms with Crippen molar-refractivity contribution in [2.24, 2.45) is 0 Å². The van der Waals surface area contributed by atoms with Gasteiger partial charge in [-0.25, -0.2) is 4.79 Å². The number of halogens is 1. The van der Waals surface area contributed by atoms with Crippen LogP contribution in [0.5, 0.6) is 5.75 Å². The Kier molecular flexibility index (Phi) is 5.89. The highest BCUT2D eigenvalue weighted by Gasteiger charge is 2.01. The van der Waals surface area contributed by atoms with E-state index in [-0.39, 0.29) is 5.75 Å². The molecule has 0 aromatic heterocycles. The largest absolute Gasteiger partial charge is 0.481 e. The number of nitrogen functional groups attached to an aromatic ring is 1. The second-order valence-corrected chi connectivity index (χ2v) is 2.71. The highest BCUT2D eigenvalue weighted by atomic mass is 35.5. The number of nitrogens with two attached hydrogens (primary N) is 1. The van der Waals surface area contributed by atoms with Gasteiger partial charge < -0.3 is 15.6 Å². The molecule has 5 nitrogen and oxygen atoms in total. The Bertz CT molecular complexity index is 350. The molecule has 0 atom stereocenters. The van der Waals surface area contributed by atoms with E-state index in [2.05, 4.69) is 4.74 Å². The number of carbonyl (C=O) groups excluding carboxylic acids is 1. The summed E-state index contributed by atoms with van der Waals surface area (Å²) < 4.78 is 4.55. The van der Waals surface area contributed by atoms with Crippen LogP contribution in [0.4, 0.5) is 10.5 Å². The molecular formula is C9H10ClNO4. The maximum absolute atomic E-state index is 10.3. The number of carboxylic acids is 1. The Morgan fingerprint density at radius 3 is 2.27 bits per heavy atom. The van der Waals surface area contributed by atoms with E-state index in [1.807, 2.05) is 0 Å². The van der Waals surface area contributed by atoms with Gasteiger partial charge in [-0.05, 0) is 12.1 Å². The topological polar surface area (TPSA) is 89.6 Å². The van der Waals surface area contributed by atoms with E-state index < -0.39 is 11.4 Å². The Labute approximate surface area is 91.4 Å². The first-order chi connectivity index (χ1) is 6.93. The molecule has 1 aromatic rings. The molecule has 0 saturated carbocycles. The minimum atomic E-state index is -0.886. The summed E-state index contributed by atoms with van der Waals surface area (Å²) in [6.45, 7) is 1.08. The fraction of sp³-hybridized carbons (Fsp3) is 0.111. The number of ether oxygens (including phenoxy) is 1. The van der Waals surface area contributed by atoms with Crippen LogP contribution in [-0.2, 0) is 4.79 Å². The van der Waals surface area contributed by atoms with Gasteiger partial charge in [-0.1, -0.05) is 12.1 Å². The zero-order valence-electron chi connectivity index (χ0n) is 7.94. The molecule has 15 heavy (non-hydrogen) atoms. The van der Waals surface area contributed by atoms with Crippen molar-refractivity contribution in [2.45, 2.75) is 6.92 Å². The van der Waals surface area contributed by atoms with Crippen LogP contribution in [-0.4, -0.2) is 16.5 Å². The van der Waals surface area contributed by atoms with Crippen LogP contribution in [0.2, 0.25) is 0 Å². The third-order valence-electron chi connectivity index (χ3n) is 1.11. The average molecular weight is 232 g/mol. The lowest BCUT2D eigenvalue weighted by Gasteiger charge is -2.01. The van der Waals surface area contributed by atoms with Crippen LogP contribution in [0.3, 0.4) is 0 Å². The van der Waals surface area contributed by atoms with Crippen LogP contribution in [0.15, 0.2) is 24.3 Å². The van der Waals surface area contributed by atoms with E-state index in [9.17, 15) is 4.79 Å². The van der Waals surface area contributed by atoms with E-state index in [0.717, 1.165) is 6.92 Å². The zero-order chi connectivity index (χ0) is 11.8. The van der Waals surface area contributed by atoms with Gasteiger partial charge in [0.1, 0.15) is 0 Å². The third-order valence-corrected chi connectivity index (χ3v) is 1.19. The lowest BCUT2D eigenvalue weighted by molar-refractivity contribution is -0.134. The standard InChI is InChI=1S/C7H6ClNO2.C2H4O2/c8-7(10)11-6-4-2-1-3-5(6)9;1-2(3)4/h1-4H,9H2;1H3,(H,3,4). The van der Waals surface area contributed by atoms with Gasteiger partial charge >= 0.3 is 5.43 Å². The second kappa shape index (κ2) is 6.67. The lowest BCUT2D eigenvalue weighted by Crippen LogP contribution is -1.99. The van der Waals surface area contributed by atoms with E-state index in [1.165, 1.54) is 0 Å². The number of hydrogen-bond donors (Lipinski definition) is 2. The number of para-hydroxylation sites is 2. The van der Waals surface area contributed by atoms with Crippen LogP contribution in [0.25, 0.3) is 0 Å². The van der Waals surface area contributed by atoms with Crippen molar-refractivity contribution < 1.29 is 19.4 Å². The van der Waals surface area contributed by atoms with Gasteiger partial charge in [-0.15, -0.1) is 0 Å². The van der Waals surface area contributed by atoms with Crippen molar-refractivity contribution in [3.63, 3.8) is 0 Å². The molecule has 0 spiro atoms. The van der Waals surface area contributed by atoms with Crippen LogP contribution < -0.4 is 10.5 Å². The Morgan fingerprint density at radius 1 is 1.40 bits per heavy atom. The highest BCUT2D eigenvalue weighted by molar-refractivity contribution is 6.61. The van der Waals surface area contributed by atoms with Crippen molar-refractivity contribution in [1.82, 2.24) is 0 Å². The van der Waals surface area contributed by atoms with Gasteiger partial charge in [0.05, 0.1) is 5.69 Å². The molecule has 0 aliphatic carbocycles. The van der Waals surface area contributed by atoms with Gasteiger partial charge in [-0.2, -0.15) is 0 Å². The molecule has 1 aromatic carbocycles. The number of aliphatic carboxylic acids is 1. The number of hydrogen-bond acceptors (Lipinski definition) is 4. The minimum Gasteiger partial charge on any atom is -0.481 e. The molecule has 0 bridgehead atoms. The molecule has 0 fully saturated rings. The van der Waals surface area contributed by atoms with Crippen LogP contribution in [0.1, 0.15) is 6.92 Å². The summed E-state index contributed by atoms with van der Waals surface area (Å²) in [6, 6.07) is 6.62. The fourth-order valence-electron chi connectivity index (χ4n) is 0.660. The van der Waals surface area contributed by atoms with Gasteiger partial charge in [0.25, 0.3) is 5.97 Å². The molecule has 0 aliphatic rings. The first-order valence-electron chi connectivity index (χ1n) is 3.85. The van der Waals surface area contributed by atoms with Crippen molar-refractivity contribution in [3.8, 4) is 5.75 Å². The number of anilines is 1. The van der Waals surface area contributed by atoms with Gasteiger partial charge in [0.2, 0.25) is 0 Å². The summed E-state index contributed by atoms with van der Waals surface area (Å²) in [5, 5.41) is 7.42. The number of carbonyl (C=O) groups is 2. The molecule has 3 N–H and O–H groups in total. The molecule has 82 valence electrons. The normalized spacial score (nSPS) is 8.40. The van der Waals surface area contributed by atoms with E-state index >= 15 is 0 Å². The zero-order valence-corrected chi connectivity index (χ0v) is 8.69. The van der Waals surface area contributed by atoms with Crippen molar-refractivity contribution in [2.75, 3.05) is 5.73 Å². The maximum Gasteiger partial charge on any atom is 0.409 e. The predicted octanol–water partition coefficient (Wildman–Crippen LogP) is 2.10. The van der Waals surface area contributed by atoms with E-state index in [1.54, 1.807) is 24.3 Å². The van der Waals surface area contributed by atoms with Crippen molar-refractivity contribution in [1.29, 1.82) is 0 Å². The summed E-state index contributed by atoms with van der Waals surface area (Å²) in [5.74, 6) is -0.549. The van der Waals surface area contributed by atoms with E-state index in [0.29, 0.717) is 5.69 Å². The molecule has 6 heteroatoms. The number of rotatable bonds is 1. The molecule has 0 heterocycles. The smallest absolute Gasteiger partial charge is 0.409 e. The minimum absolute atomic E-state index is 0.285. The Morgan fingerprint density at radius 2 is 1.87 bits per heavy atom. The Hall–Kier alpha value is -1.75. The second-order valence-electron chi connectivity index (χ2n) is 2.40. The van der Waals surface area contributed by atoms with E-state index in [4.69, 9.17) is 27.2 Å². The molecule has 0 saturated heterocycles. The monoisotopic (exact) mass is 231 g/mol. The Balaban J connectivity index is 0.000000423. The fourth-order valence-corrected chi connectivity index (χ4v) is 0.743. The molecular weight excluding hydrogens is 222 g/mol. The highest BCUT2D eigenvalue weighted by Crippen LogP contribution is 2.20. The van der Waals surface area contributed by atoms with Gasteiger partial charge in [0.15, 0.2) is 5.75 Å². The van der Waals surface area contributed by atoms with Gasteiger partial charge in [0, 0.05) is 18.5 Å². The molecule has 0 amide bonds. The van der Waals surface area contributed by atoms with Gasteiger partial charge in [-0.3, -0.25) is 4.79 Å². The number of carboxylic acid groups (broad SMARTS) is 1. The van der Waals surface area contributed by atoms with Crippen molar-refractivity contribution >= 4 is 28.7 Å². The third kappa shape index (κ3) is 7.33. The first kappa shape index (κ1) is 13.2. The molecule has 0 aliphatic heterocycles. The summed E-state index contributed by atoms with van der Waals surface area (Å²) >= 11 is 4.97. The molecule has 1 rings (SSSR count). The summed E-state index contributed by atoms with van der Waals surface area (Å²) in [7, 11) is 0. The molecule has 0 radical (unpaired) electrons. The molecule has 0 unspecified atom stereocenters. The van der Waals surface area contributed by atoms with Crippen LogP contribution in [0, 0.1) is 0 Å². The number of benzene rings is 1. The quantitative estimate of drug-likeness (QED) is 0.571. The maximum atomic E-state index is 10.3. The SMILES string of the molecule is CC(=O)O.Nc1ccccc1OC(=O)Cl. The lowest BCUT2D eigenvalue weighted by atomic mass is 10.3. The summed E-state index contributed by atoms with van der Waals surface area (Å²) in [4.78, 5) is 19.3. The average Bonchev–Trinajstić information content (AvgIpc) is 2.07. The van der Waals surface area contributed by atoms with Crippen LogP contribution >= 0.6 is 11.6 Å².